The fourth-order valence-corrected chi connectivity index (χ4v) is 4.16. The van der Waals surface area contributed by atoms with Gasteiger partial charge in [-0.15, -0.1) is 0 Å². The summed E-state index contributed by atoms with van der Waals surface area (Å²) in [5.74, 6) is -0.148. The first-order valence-corrected chi connectivity index (χ1v) is 10.0. The molecule has 2 aromatic rings. The zero-order valence-electron chi connectivity index (χ0n) is 14.4. The number of carbonyl (C=O) groups is 1. The summed E-state index contributed by atoms with van der Waals surface area (Å²) >= 11 is 6.59. The van der Waals surface area contributed by atoms with Gasteiger partial charge >= 0.3 is 0 Å². The fourth-order valence-electron chi connectivity index (χ4n) is 3.13. The highest BCUT2D eigenvalue weighted by Gasteiger charge is 2.41. The predicted octanol–water partition coefficient (Wildman–Crippen LogP) is 2.75. The van der Waals surface area contributed by atoms with E-state index in [4.69, 9.17) is 16.7 Å². The van der Waals surface area contributed by atoms with Crippen molar-refractivity contribution >= 4 is 33.2 Å². The molecule has 26 heavy (non-hydrogen) atoms. The first-order chi connectivity index (χ1) is 12.1. The van der Waals surface area contributed by atoms with Gasteiger partial charge in [-0.05, 0) is 43.7 Å². The van der Waals surface area contributed by atoms with Crippen molar-refractivity contribution in [3.63, 3.8) is 0 Å². The quantitative estimate of drug-likeness (QED) is 0.617. The smallest absolute Gasteiger partial charge is 0.258 e. The van der Waals surface area contributed by atoms with Crippen LogP contribution in [0.4, 0.5) is 5.69 Å². The van der Waals surface area contributed by atoms with E-state index in [1.165, 1.54) is 12.1 Å². The average molecular weight is 394 g/mol. The molecular weight excluding hydrogens is 374 g/mol. The Morgan fingerprint density at radius 1 is 1.15 bits per heavy atom. The van der Waals surface area contributed by atoms with Gasteiger partial charge in [-0.2, -0.15) is 0 Å². The number of nitrogens with one attached hydrogen (secondary N) is 1. The molecule has 1 heterocycles. The summed E-state index contributed by atoms with van der Waals surface area (Å²) in [5, 5.41) is 8.45. The molecule has 0 aromatic heterocycles. The molecular formula is C18H20ClN3O3S. The van der Waals surface area contributed by atoms with E-state index in [0.717, 1.165) is 11.3 Å². The molecule has 0 radical (unpaired) electrons. The maximum Gasteiger partial charge on any atom is 0.258 e. The molecule has 8 heteroatoms. The van der Waals surface area contributed by atoms with Gasteiger partial charge in [-0.3, -0.25) is 9.69 Å². The number of hydrogen-bond donors (Lipinski definition) is 2. The molecule has 2 aromatic carbocycles. The molecule has 1 unspecified atom stereocenters. The van der Waals surface area contributed by atoms with Crippen LogP contribution in [-0.2, 0) is 16.4 Å². The van der Waals surface area contributed by atoms with Crippen molar-refractivity contribution in [3.8, 4) is 0 Å². The van der Waals surface area contributed by atoms with Crippen molar-refractivity contribution in [2.24, 2.45) is 5.14 Å². The Hall–Kier alpha value is -2.09. The maximum atomic E-state index is 13.0. The molecule has 0 bridgehead atoms. The van der Waals surface area contributed by atoms with E-state index in [1.807, 2.05) is 32.0 Å². The third-order valence-corrected chi connectivity index (χ3v) is 5.63. The number of anilines is 1. The van der Waals surface area contributed by atoms with Crippen LogP contribution in [0.25, 0.3) is 0 Å². The minimum absolute atomic E-state index is 0.0392. The van der Waals surface area contributed by atoms with E-state index in [1.54, 1.807) is 23.1 Å². The molecule has 3 rings (SSSR count). The van der Waals surface area contributed by atoms with Gasteiger partial charge in [0.15, 0.2) is 0 Å². The number of hydrogen-bond acceptors (Lipinski definition) is 4. The summed E-state index contributed by atoms with van der Waals surface area (Å²) in [7, 11) is -3.74. The van der Waals surface area contributed by atoms with E-state index in [-0.39, 0.29) is 10.8 Å². The minimum atomic E-state index is -3.74. The van der Waals surface area contributed by atoms with Gasteiger partial charge in [0.2, 0.25) is 10.0 Å². The highest BCUT2D eigenvalue weighted by atomic mass is 35.5. The zero-order valence-corrected chi connectivity index (χ0v) is 16.0. The van der Waals surface area contributed by atoms with Crippen LogP contribution in [0, 0.1) is 0 Å². The highest BCUT2D eigenvalue weighted by molar-refractivity contribution is 7.89. The number of primary sulfonamides is 1. The Kier molecular flexibility index (Phi) is 4.72. The molecule has 0 saturated heterocycles. The van der Waals surface area contributed by atoms with Crippen molar-refractivity contribution in [2.45, 2.75) is 36.3 Å². The molecule has 138 valence electrons. The number of carbonyl (C=O) groups excluding carboxylic acids is 1. The number of benzene rings is 2. The van der Waals surface area contributed by atoms with Crippen molar-refractivity contribution in [1.82, 2.24) is 4.90 Å². The number of amides is 1. The Morgan fingerprint density at radius 2 is 1.77 bits per heavy atom. The SMILES string of the molecule is CC1(C)Nc2ccccc2C(=O)N1C(Cl)Cc1ccc(S(N)(=O)=O)cc1. The van der Waals surface area contributed by atoms with Crippen LogP contribution in [0.15, 0.2) is 53.4 Å². The Labute approximate surface area is 158 Å². The topological polar surface area (TPSA) is 92.5 Å². The van der Waals surface area contributed by atoms with Crippen LogP contribution in [0.5, 0.6) is 0 Å². The minimum Gasteiger partial charge on any atom is -0.362 e. The van der Waals surface area contributed by atoms with Crippen molar-refractivity contribution < 1.29 is 13.2 Å². The van der Waals surface area contributed by atoms with Gasteiger partial charge in [0.05, 0.1) is 10.5 Å². The van der Waals surface area contributed by atoms with E-state index in [2.05, 4.69) is 5.32 Å². The summed E-state index contributed by atoms with van der Waals surface area (Å²) in [6.45, 7) is 3.78. The number of nitrogens with zero attached hydrogens (tertiary/aromatic N) is 1. The summed E-state index contributed by atoms with van der Waals surface area (Å²) < 4.78 is 22.7. The molecule has 1 aliphatic rings. The van der Waals surface area contributed by atoms with Crippen LogP contribution < -0.4 is 10.5 Å². The first-order valence-electron chi connectivity index (χ1n) is 8.06. The molecule has 1 amide bonds. The van der Waals surface area contributed by atoms with Gasteiger partial charge < -0.3 is 5.32 Å². The average Bonchev–Trinajstić information content (AvgIpc) is 2.53. The number of nitrogens with two attached hydrogens (primary N) is 1. The third-order valence-electron chi connectivity index (χ3n) is 4.36. The van der Waals surface area contributed by atoms with Gasteiger partial charge in [0.1, 0.15) is 11.2 Å². The van der Waals surface area contributed by atoms with Gasteiger partial charge in [-0.1, -0.05) is 35.9 Å². The van der Waals surface area contributed by atoms with E-state index < -0.39 is 21.2 Å². The molecule has 0 fully saturated rings. The first kappa shape index (κ1) is 18.7. The standard InChI is InChI=1S/C18H20ClN3O3S/c1-18(2)21-15-6-4-3-5-14(15)17(23)22(18)16(19)11-12-7-9-13(10-8-12)26(20,24)25/h3-10,16,21H,11H2,1-2H3,(H2,20,24,25). The maximum absolute atomic E-state index is 13.0. The number of alkyl halides is 1. The van der Waals surface area contributed by atoms with Gasteiger partial charge in [-0.25, -0.2) is 13.6 Å². The molecule has 0 aliphatic carbocycles. The predicted molar refractivity (Wildman–Crippen MR) is 101 cm³/mol. The van der Waals surface area contributed by atoms with E-state index in [9.17, 15) is 13.2 Å². The second-order valence-corrected chi connectivity index (χ2v) is 8.80. The van der Waals surface area contributed by atoms with Gasteiger partial charge in [0, 0.05) is 12.1 Å². The lowest BCUT2D eigenvalue weighted by atomic mass is 10.0. The fraction of sp³-hybridized carbons (Fsp3) is 0.278. The van der Waals surface area contributed by atoms with Crippen molar-refractivity contribution in [1.29, 1.82) is 0 Å². The summed E-state index contributed by atoms with van der Waals surface area (Å²) in [6, 6.07) is 13.5. The Bertz CT molecular complexity index is 942. The highest BCUT2D eigenvalue weighted by Crippen LogP contribution is 2.34. The normalized spacial score (nSPS) is 17.4. The second kappa shape index (κ2) is 6.57. The number of fused-ring (bicyclic) bond motifs is 1. The number of para-hydroxylation sites is 1. The monoisotopic (exact) mass is 393 g/mol. The van der Waals surface area contributed by atoms with E-state index in [0.29, 0.717) is 12.0 Å². The summed E-state index contributed by atoms with van der Waals surface area (Å²) in [5.41, 5.74) is 0.874. The van der Waals surface area contributed by atoms with Crippen molar-refractivity contribution in [3.05, 3.63) is 59.7 Å². The number of sulfonamides is 1. The molecule has 0 saturated carbocycles. The largest absolute Gasteiger partial charge is 0.362 e. The van der Waals surface area contributed by atoms with Gasteiger partial charge in [0.25, 0.3) is 5.91 Å². The molecule has 1 atom stereocenters. The van der Waals surface area contributed by atoms with E-state index >= 15 is 0 Å². The van der Waals surface area contributed by atoms with Crippen LogP contribution in [0.3, 0.4) is 0 Å². The van der Waals surface area contributed by atoms with Crippen LogP contribution in [-0.4, -0.2) is 30.4 Å². The summed E-state index contributed by atoms with van der Waals surface area (Å²) in [6.07, 6.45) is 0.367. The summed E-state index contributed by atoms with van der Waals surface area (Å²) in [4.78, 5) is 14.6. The van der Waals surface area contributed by atoms with Crippen molar-refractivity contribution in [2.75, 3.05) is 5.32 Å². The second-order valence-electron chi connectivity index (χ2n) is 6.73. The Balaban J connectivity index is 1.85. The third kappa shape index (κ3) is 3.56. The number of rotatable bonds is 4. The molecule has 0 spiro atoms. The zero-order chi connectivity index (χ0) is 19.1. The molecule has 1 aliphatic heterocycles. The molecule has 3 N–H and O–H groups in total. The lowest BCUT2D eigenvalue weighted by Crippen LogP contribution is -2.59. The lowest BCUT2D eigenvalue weighted by molar-refractivity contribution is 0.0535. The van der Waals surface area contributed by atoms with Crippen LogP contribution >= 0.6 is 11.6 Å². The van der Waals surface area contributed by atoms with Crippen LogP contribution in [0.1, 0.15) is 29.8 Å². The Morgan fingerprint density at radius 3 is 2.38 bits per heavy atom. The number of halogens is 1. The van der Waals surface area contributed by atoms with Crippen LogP contribution in [0.2, 0.25) is 0 Å². The molecule has 6 nitrogen and oxygen atoms in total. The lowest BCUT2D eigenvalue weighted by Gasteiger charge is -2.46.